The number of carboxylic acid groups (broad SMARTS) is 1. The molecular formula is C15H16N2O6. The van der Waals surface area contributed by atoms with Crippen molar-refractivity contribution in [2.75, 3.05) is 6.61 Å². The van der Waals surface area contributed by atoms with Gasteiger partial charge in [0.2, 0.25) is 0 Å². The van der Waals surface area contributed by atoms with Crippen molar-refractivity contribution < 1.29 is 29.0 Å². The van der Waals surface area contributed by atoms with Gasteiger partial charge in [0.1, 0.15) is 5.75 Å². The second kappa shape index (κ2) is 8.29. The molecule has 0 bridgehead atoms. The molecule has 8 nitrogen and oxygen atoms in total. The number of hydrogen-bond acceptors (Lipinski definition) is 5. The van der Waals surface area contributed by atoms with Gasteiger partial charge in [0, 0.05) is 5.92 Å². The maximum atomic E-state index is 11.5. The van der Waals surface area contributed by atoms with Crippen LogP contribution in [0.15, 0.2) is 12.1 Å². The molecule has 122 valence electrons. The minimum atomic E-state index is -1.44. The topological polar surface area (TPSA) is 114 Å². The Morgan fingerprint density at radius 3 is 2.43 bits per heavy atom. The molecule has 0 aliphatic carbocycles. The number of hydrogen-bond donors (Lipinski definition) is 3. The Morgan fingerprint density at radius 2 is 1.83 bits per heavy atom. The molecule has 2 amide bonds. The first-order valence-electron chi connectivity index (χ1n) is 6.60. The first kappa shape index (κ1) is 17.8. The molecule has 0 unspecified atom stereocenters. The third kappa shape index (κ3) is 5.97. The smallest absolute Gasteiger partial charge is 0.431 e. The first-order chi connectivity index (χ1) is 10.8. The number of aryl methyl sites for hydroxylation is 2. The van der Waals surface area contributed by atoms with E-state index in [2.05, 4.69) is 11.8 Å². The van der Waals surface area contributed by atoms with E-state index in [1.165, 1.54) is 0 Å². The molecule has 0 radical (unpaired) electrons. The Balaban J connectivity index is 3.01. The molecule has 0 heterocycles. The van der Waals surface area contributed by atoms with E-state index < -0.39 is 18.2 Å². The molecule has 1 aromatic carbocycles. The monoisotopic (exact) mass is 320 g/mol. The highest BCUT2D eigenvalue weighted by Gasteiger charge is 2.11. The van der Waals surface area contributed by atoms with E-state index >= 15 is 0 Å². The molecule has 0 saturated heterocycles. The summed E-state index contributed by atoms with van der Waals surface area (Å²) >= 11 is 0. The molecule has 0 aromatic heterocycles. The van der Waals surface area contributed by atoms with Crippen LogP contribution in [-0.2, 0) is 9.53 Å². The second-order valence-electron chi connectivity index (χ2n) is 4.35. The van der Waals surface area contributed by atoms with E-state index in [9.17, 15) is 14.4 Å². The number of carbonyl (C=O) groups is 3. The summed E-state index contributed by atoms with van der Waals surface area (Å²) in [4.78, 5) is 33.1. The summed E-state index contributed by atoms with van der Waals surface area (Å²) in [6.07, 6.45) is -2.47. The lowest BCUT2D eigenvalue weighted by molar-refractivity contribution is -0.136. The minimum absolute atomic E-state index is 0.0922. The number of amides is 2. The number of benzene rings is 1. The van der Waals surface area contributed by atoms with Gasteiger partial charge in [0.15, 0.2) is 0 Å². The summed E-state index contributed by atoms with van der Waals surface area (Å²) < 4.78 is 9.69. The number of esters is 1. The normalized spacial score (nSPS) is 9.17. The number of carbonyl (C=O) groups excluding carboxylic acids is 2. The molecule has 1 rings (SSSR count). The van der Waals surface area contributed by atoms with E-state index in [0.29, 0.717) is 5.56 Å². The third-order valence-corrected chi connectivity index (χ3v) is 2.64. The fourth-order valence-electron chi connectivity index (χ4n) is 1.49. The molecule has 0 fully saturated rings. The van der Waals surface area contributed by atoms with Gasteiger partial charge in [0.25, 0.3) is 0 Å². The zero-order valence-corrected chi connectivity index (χ0v) is 12.9. The van der Waals surface area contributed by atoms with Crippen molar-refractivity contribution in [1.29, 1.82) is 0 Å². The van der Waals surface area contributed by atoms with Crippen molar-refractivity contribution in [2.24, 2.45) is 0 Å². The van der Waals surface area contributed by atoms with Crippen LogP contribution in [0, 0.1) is 25.7 Å². The summed E-state index contributed by atoms with van der Waals surface area (Å²) in [6, 6.07) is 3.21. The van der Waals surface area contributed by atoms with Gasteiger partial charge < -0.3 is 14.6 Å². The lowest BCUT2D eigenvalue weighted by atomic mass is 10.1. The molecule has 0 spiro atoms. The predicted octanol–water partition coefficient (Wildman–Crippen LogP) is 1.49. The summed E-state index contributed by atoms with van der Waals surface area (Å²) in [5.41, 5.74) is 5.50. The lowest BCUT2D eigenvalue weighted by Crippen LogP contribution is -2.42. The van der Waals surface area contributed by atoms with Gasteiger partial charge in [-0.2, -0.15) is 0 Å². The first-order valence-corrected chi connectivity index (χ1v) is 6.60. The zero-order chi connectivity index (χ0) is 17.4. The van der Waals surface area contributed by atoms with Crippen LogP contribution in [0.5, 0.6) is 5.75 Å². The summed E-state index contributed by atoms with van der Waals surface area (Å²) in [6.45, 7) is 5.50. The van der Waals surface area contributed by atoms with Crippen molar-refractivity contribution in [2.45, 2.75) is 20.8 Å². The second-order valence-corrected chi connectivity index (χ2v) is 4.35. The molecule has 0 aliphatic rings. The number of ether oxygens (including phenoxy) is 2. The van der Waals surface area contributed by atoms with E-state index in [1.54, 1.807) is 31.4 Å². The highest BCUT2D eigenvalue weighted by atomic mass is 16.6. The van der Waals surface area contributed by atoms with E-state index in [0.717, 1.165) is 11.1 Å². The molecule has 0 atom stereocenters. The Hall–Kier alpha value is -3.21. The minimum Gasteiger partial charge on any atom is -0.464 e. The van der Waals surface area contributed by atoms with Gasteiger partial charge in [-0.05, 0) is 44.0 Å². The highest BCUT2D eigenvalue weighted by Crippen LogP contribution is 2.22. The van der Waals surface area contributed by atoms with Gasteiger partial charge in [-0.25, -0.2) is 25.2 Å². The van der Waals surface area contributed by atoms with Crippen LogP contribution in [0.1, 0.15) is 23.6 Å². The molecule has 3 N–H and O–H groups in total. The van der Waals surface area contributed by atoms with Crippen molar-refractivity contribution in [3.8, 4) is 17.6 Å². The van der Waals surface area contributed by atoms with Crippen molar-refractivity contribution in [3.63, 3.8) is 0 Å². The van der Waals surface area contributed by atoms with Crippen molar-refractivity contribution >= 4 is 18.2 Å². The number of nitrogens with one attached hydrogen (secondary N) is 2. The fourth-order valence-corrected chi connectivity index (χ4v) is 1.49. The van der Waals surface area contributed by atoms with Gasteiger partial charge in [0.05, 0.1) is 12.2 Å². The summed E-state index contributed by atoms with van der Waals surface area (Å²) in [5, 5.41) is 8.40. The molecular weight excluding hydrogens is 304 g/mol. The largest absolute Gasteiger partial charge is 0.464 e. The molecule has 0 aliphatic heterocycles. The highest BCUT2D eigenvalue weighted by molar-refractivity contribution is 5.89. The Labute approximate surface area is 132 Å². The van der Waals surface area contributed by atoms with E-state index in [-0.39, 0.29) is 12.4 Å². The van der Waals surface area contributed by atoms with Crippen molar-refractivity contribution in [3.05, 3.63) is 28.8 Å². The van der Waals surface area contributed by atoms with Crippen LogP contribution < -0.4 is 15.6 Å². The predicted molar refractivity (Wildman–Crippen MR) is 79.7 cm³/mol. The average molecular weight is 320 g/mol. The Kier molecular flexibility index (Phi) is 6.43. The molecule has 1 aromatic rings. The zero-order valence-electron chi connectivity index (χ0n) is 12.9. The van der Waals surface area contributed by atoms with Gasteiger partial charge in [-0.15, -0.1) is 0 Å². The number of rotatable bonds is 2. The SMILES string of the molecule is CCOC(=O)C#Cc1cc(C)c(C)cc1OC(=O)NNC(=O)O. The standard InChI is InChI=1S/C15H16N2O6/c1-4-22-13(18)6-5-11-7-9(2)10(3)8-12(11)23-15(21)17-16-14(19)20/h7-8,16H,4H2,1-3H3,(H,17,21)(H,19,20). The number of hydrazine groups is 1. The molecule has 23 heavy (non-hydrogen) atoms. The van der Waals surface area contributed by atoms with Crippen LogP contribution in [-0.4, -0.2) is 29.9 Å². The molecule has 0 saturated carbocycles. The fraction of sp³-hybridized carbons (Fsp3) is 0.267. The van der Waals surface area contributed by atoms with Gasteiger partial charge in [-0.3, -0.25) is 0 Å². The van der Waals surface area contributed by atoms with Crippen LogP contribution in [0.25, 0.3) is 0 Å². The van der Waals surface area contributed by atoms with Gasteiger partial charge >= 0.3 is 18.2 Å². The van der Waals surface area contributed by atoms with Crippen LogP contribution >= 0.6 is 0 Å². The van der Waals surface area contributed by atoms with Crippen LogP contribution in [0.3, 0.4) is 0 Å². The van der Waals surface area contributed by atoms with Crippen LogP contribution in [0.4, 0.5) is 9.59 Å². The maximum absolute atomic E-state index is 11.5. The Bertz CT molecular complexity index is 687. The van der Waals surface area contributed by atoms with E-state index in [4.69, 9.17) is 14.6 Å². The van der Waals surface area contributed by atoms with E-state index in [1.807, 2.05) is 12.3 Å². The van der Waals surface area contributed by atoms with Gasteiger partial charge in [-0.1, -0.05) is 5.92 Å². The van der Waals surface area contributed by atoms with Crippen LogP contribution in [0.2, 0.25) is 0 Å². The van der Waals surface area contributed by atoms with Crippen molar-refractivity contribution in [1.82, 2.24) is 10.9 Å². The maximum Gasteiger partial charge on any atom is 0.431 e. The molecule has 8 heteroatoms. The lowest BCUT2D eigenvalue weighted by Gasteiger charge is -2.10. The average Bonchev–Trinajstić information content (AvgIpc) is 2.47. The Morgan fingerprint density at radius 1 is 1.17 bits per heavy atom. The summed E-state index contributed by atoms with van der Waals surface area (Å²) in [5.74, 6) is 4.24. The quantitative estimate of drug-likeness (QED) is 0.432. The third-order valence-electron chi connectivity index (χ3n) is 2.64. The summed E-state index contributed by atoms with van der Waals surface area (Å²) in [7, 11) is 0.